The molecule has 1 fully saturated rings. The molecule has 50 heavy (non-hydrogen) atoms. The van der Waals surface area contributed by atoms with E-state index >= 15 is 0 Å². The molecule has 1 aliphatic carbocycles. The van der Waals surface area contributed by atoms with E-state index in [1.165, 1.54) is 35.2 Å². The summed E-state index contributed by atoms with van der Waals surface area (Å²) in [5, 5.41) is 3.53. The highest BCUT2D eigenvalue weighted by molar-refractivity contribution is 7.92. The fraction of sp³-hybridized carbons (Fsp3) is 0.297. The van der Waals surface area contributed by atoms with Gasteiger partial charge in [0.05, 0.1) is 16.1 Å². The van der Waals surface area contributed by atoms with Crippen molar-refractivity contribution in [3.8, 4) is 0 Å². The molecular formula is C37H36Cl2F3N3O4S. The Morgan fingerprint density at radius 2 is 1.42 bits per heavy atom. The van der Waals surface area contributed by atoms with Crippen LogP contribution in [0.15, 0.2) is 108 Å². The molecule has 0 heterocycles. The van der Waals surface area contributed by atoms with Gasteiger partial charge in [-0.2, -0.15) is 13.2 Å². The standard InChI is InChI=1S/C37H36Cl2F3N3O4S/c38-32-20-11-21-33(39)31(32)24-44(34(22-26-12-4-1-5-13-26)36(47)43-28-15-6-2-7-16-28)35(46)25-45(50(48,49)30-18-8-3-9-19-30)29-17-10-14-27(23-29)37(40,41)42/h1,3-5,8-14,17-21,23,28,34H,2,6-7,15-16,22,24-25H2,(H,43,47)/t34-/m0/s1. The second kappa shape index (κ2) is 16.3. The minimum absolute atomic E-state index is 0.0577. The number of nitrogens with zero attached hydrogens (tertiary/aromatic N) is 2. The van der Waals surface area contributed by atoms with Crippen molar-refractivity contribution in [2.45, 2.75) is 68.2 Å². The van der Waals surface area contributed by atoms with Crippen molar-refractivity contribution in [1.82, 2.24) is 10.2 Å². The highest BCUT2D eigenvalue weighted by atomic mass is 35.5. The van der Waals surface area contributed by atoms with Crippen molar-refractivity contribution in [3.63, 3.8) is 0 Å². The topological polar surface area (TPSA) is 86.8 Å². The Morgan fingerprint density at radius 3 is 2.04 bits per heavy atom. The Bertz CT molecular complexity index is 1870. The zero-order valence-electron chi connectivity index (χ0n) is 27.0. The zero-order valence-corrected chi connectivity index (χ0v) is 29.3. The molecule has 1 N–H and O–H groups in total. The predicted octanol–water partition coefficient (Wildman–Crippen LogP) is 8.30. The van der Waals surface area contributed by atoms with E-state index < -0.39 is 46.2 Å². The first-order chi connectivity index (χ1) is 23.8. The summed E-state index contributed by atoms with van der Waals surface area (Å²) in [5.41, 5.74) is -0.418. The van der Waals surface area contributed by atoms with Crippen molar-refractivity contribution >= 4 is 50.7 Å². The number of rotatable bonds is 12. The lowest BCUT2D eigenvalue weighted by atomic mass is 9.94. The normalized spacial score (nSPS) is 14.5. The smallest absolute Gasteiger partial charge is 0.352 e. The van der Waals surface area contributed by atoms with Crippen LogP contribution in [0, 0.1) is 0 Å². The molecule has 264 valence electrons. The third kappa shape index (κ3) is 9.18. The van der Waals surface area contributed by atoms with E-state index in [9.17, 15) is 31.2 Å². The SMILES string of the molecule is O=C(NC1CCCCC1)[C@H](Cc1ccccc1)N(Cc1c(Cl)cccc1Cl)C(=O)CN(c1cccc(C(F)(F)F)c1)S(=O)(=O)c1ccccc1. The molecule has 0 unspecified atom stereocenters. The van der Waals surface area contributed by atoms with Crippen molar-refractivity contribution in [2.24, 2.45) is 0 Å². The van der Waals surface area contributed by atoms with Gasteiger partial charge in [0.2, 0.25) is 11.8 Å². The second-order valence-electron chi connectivity index (χ2n) is 12.1. The lowest BCUT2D eigenvalue weighted by Crippen LogP contribution is -2.55. The van der Waals surface area contributed by atoms with Gasteiger partial charge in [-0.3, -0.25) is 13.9 Å². The molecule has 2 amide bonds. The van der Waals surface area contributed by atoms with Crippen molar-refractivity contribution in [1.29, 1.82) is 0 Å². The lowest BCUT2D eigenvalue weighted by Gasteiger charge is -2.35. The van der Waals surface area contributed by atoms with Crippen LogP contribution >= 0.6 is 23.2 Å². The summed E-state index contributed by atoms with van der Waals surface area (Å²) in [6.07, 6.45) is -0.254. The monoisotopic (exact) mass is 745 g/mol. The summed E-state index contributed by atoms with van der Waals surface area (Å²) in [4.78, 5) is 29.9. The van der Waals surface area contributed by atoms with E-state index in [-0.39, 0.29) is 39.6 Å². The second-order valence-corrected chi connectivity index (χ2v) is 14.8. The number of carbonyl (C=O) groups is 2. The molecule has 0 aromatic heterocycles. The Balaban J connectivity index is 1.62. The minimum atomic E-state index is -4.78. The Hall–Kier alpha value is -4.06. The Morgan fingerprint density at radius 1 is 0.820 bits per heavy atom. The van der Waals surface area contributed by atoms with Crippen LogP contribution in [0.2, 0.25) is 10.0 Å². The lowest BCUT2D eigenvalue weighted by molar-refractivity contribution is -0.140. The highest BCUT2D eigenvalue weighted by Crippen LogP contribution is 2.34. The number of nitrogens with one attached hydrogen (secondary N) is 1. The van der Waals surface area contributed by atoms with Crippen LogP contribution in [0.3, 0.4) is 0 Å². The van der Waals surface area contributed by atoms with Crippen molar-refractivity contribution in [2.75, 3.05) is 10.8 Å². The van der Waals surface area contributed by atoms with E-state index in [2.05, 4.69) is 5.32 Å². The van der Waals surface area contributed by atoms with Gasteiger partial charge in [0, 0.05) is 34.6 Å². The summed E-state index contributed by atoms with van der Waals surface area (Å²) in [6.45, 7) is -1.21. The number of hydrogen-bond donors (Lipinski definition) is 1. The molecule has 0 saturated heterocycles. The number of halogens is 5. The van der Waals surface area contributed by atoms with Gasteiger partial charge in [-0.25, -0.2) is 8.42 Å². The fourth-order valence-corrected chi connectivity index (χ4v) is 7.98. The summed E-state index contributed by atoms with van der Waals surface area (Å²) in [5.74, 6) is -1.30. The maximum Gasteiger partial charge on any atom is 0.416 e. The van der Waals surface area contributed by atoms with Crippen molar-refractivity contribution in [3.05, 3.63) is 130 Å². The molecule has 0 radical (unpaired) electrons. The van der Waals surface area contributed by atoms with Crippen LogP contribution in [-0.2, 0) is 38.8 Å². The first kappa shape index (κ1) is 37.2. The molecular weight excluding hydrogens is 710 g/mol. The highest BCUT2D eigenvalue weighted by Gasteiger charge is 2.37. The van der Waals surface area contributed by atoms with Gasteiger partial charge in [0.15, 0.2) is 0 Å². The summed E-state index contributed by atoms with van der Waals surface area (Å²) in [7, 11) is -4.60. The predicted molar refractivity (Wildman–Crippen MR) is 188 cm³/mol. The fourth-order valence-electron chi connectivity index (χ4n) is 6.04. The number of anilines is 1. The van der Waals surface area contributed by atoms with E-state index in [0.717, 1.165) is 49.8 Å². The van der Waals surface area contributed by atoms with Gasteiger partial charge < -0.3 is 10.2 Å². The van der Waals surface area contributed by atoms with E-state index in [1.54, 1.807) is 48.5 Å². The molecule has 4 aromatic carbocycles. The molecule has 0 bridgehead atoms. The quantitative estimate of drug-likeness (QED) is 0.158. The molecule has 1 atom stereocenters. The molecule has 7 nitrogen and oxygen atoms in total. The maximum atomic E-state index is 14.7. The van der Waals surface area contributed by atoms with Crippen LogP contribution in [-0.4, -0.2) is 43.8 Å². The van der Waals surface area contributed by atoms with Gasteiger partial charge in [-0.05, 0) is 60.9 Å². The molecule has 1 aliphatic rings. The largest absolute Gasteiger partial charge is 0.416 e. The van der Waals surface area contributed by atoms with E-state index in [0.29, 0.717) is 15.9 Å². The molecule has 1 saturated carbocycles. The van der Waals surface area contributed by atoms with E-state index in [4.69, 9.17) is 23.2 Å². The van der Waals surface area contributed by atoms with Crippen molar-refractivity contribution < 1.29 is 31.2 Å². The molecule has 0 aliphatic heterocycles. The van der Waals surface area contributed by atoms with E-state index in [1.807, 2.05) is 6.07 Å². The van der Waals surface area contributed by atoms with Gasteiger partial charge in [-0.1, -0.05) is 103 Å². The van der Waals surface area contributed by atoms with Gasteiger partial charge >= 0.3 is 6.18 Å². The number of benzene rings is 4. The first-order valence-corrected chi connectivity index (χ1v) is 18.4. The summed E-state index contributed by atoms with van der Waals surface area (Å²) in [6, 6.07) is 23.4. The molecule has 0 spiro atoms. The molecule has 13 heteroatoms. The minimum Gasteiger partial charge on any atom is -0.352 e. The van der Waals surface area contributed by atoms with Crippen LogP contribution in [0.4, 0.5) is 18.9 Å². The number of amides is 2. The number of hydrogen-bond acceptors (Lipinski definition) is 4. The number of alkyl halides is 3. The summed E-state index contributed by atoms with van der Waals surface area (Å²) >= 11 is 13.1. The van der Waals surface area contributed by atoms with Crippen LogP contribution in [0.1, 0.15) is 48.8 Å². The Labute approximate surface area is 300 Å². The van der Waals surface area contributed by atoms with Gasteiger partial charge in [-0.15, -0.1) is 0 Å². The summed E-state index contributed by atoms with van der Waals surface area (Å²) < 4.78 is 70.4. The molecule has 4 aromatic rings. The molecule has 5 rings (SSSR count). The number of carbonyl (C=O) groups excluding carboxylic acids is 2. The Kier molecular flexibility index (Phi) is 12.1. The van der Waals surface area contributed by atoms with Gasteiger partial charge in [0.1, 0.15) is 12.6 Å². The average molecular weight is 747 g/mol. The zero-order chi connectivity index (χ0) is 35.9. The van der Waals surface area contributed by atoms with Crippen LogP contribution in [0.25, 0.3) is 0 Å². The third-order valence-electron chi connectivity index (χ3n) is 8.68. The maximum absolute atomic E-state index is 14.7. The number of sulfonamides is 1. The van der Waals surface area contributed by atoms with Crippen LogP contribution in [0.5, 0.6) is 0 Å². The average Bonchev–Trinajstić information content (AvgIpc) is 3.10. The third-order valence-corrected chi connectivity index (χ3v) is 11.2. The van der Waals surface area contributed by atoms with Crippen LogP contribution < -0.4 is 9.62 Å². The van der Waals surface area contributed by atoms with Gasteiger partial charge in [0.25, 0.3) is 10.0 Å². The first-order valence-electron chi connectivity index (χ1n) is 16.2.